The van der Waals surface area contributed by atoms with E-state index in [1.165, 1.54) is 104 Å². The van der Waals surface area contributed by atoms with E-state index in [2.05, 4.69) is 215 Å². The predicted octanol–water partition coefficient (Wildman–Crippen LogP) is 14.0. The second-order valence-corrected chi connectivity index (χ2v) is 15.1. The lowest BCUT2D eigenvalue weighted by Crippen LogP contribution is -1.94. The van der Waals surface area contributed by atoms with Crippen molar-refractivity contribution in [1.29, 1.82) is 0 Å². The van der Waals surface area contributed by atoms with Crippen LogP contribution in [0.25, 0.3) is 110 Å². The van der Waals surface area contributed by atoms with Crippen molar-refractivity contribution >= 4 is 76.2 Å². The van der Waals surface area contributed by atoms with Crippen molar-refractivity contribution in [1.82, 2.24) is 13.7 Å². The van der Waals surface area contributed by atoms with Crippen LogP contribution in [0.1, 0.15) is 0 Å². The molecule has 0 saturated carbocycles. The molecule has 3 heteroatoms. The van der Waals surface area contributed by atoms with Gasteiger partial charge in [0.15, 0.2) is 0 Å². The number of rotatable bonds is 4. The number of para-hydroxylation sites is 3. The first-order valence-electron chi connectivity index (χ1n) is 19.3. The lowest BCUT2D eigenvalue weighted by molar-refractivity contribution is 1.02. The van der Waals surface area contributed by atoms with Crippen molar-refractivity contribution < 1.29 is 0 Å². The van der Waals surface area contributed by atoms with Crippen LogP contribution in [0, 0.1) is 0 Å². The number of fused-ring (bicyclic) bond motifs is 10. The topological polar surface area (TPSA) is 14.8 Å². The molecular formula is C53H35N3. The average Bonchev–Trinajstić information content (AvgIpc) is 3.87. The molecule has 9 aromatic carbocycles. The monoisotopic (exact) mass is 713 g/mol. The summed E-state index contributed by atoms with van der Waals surface area (Å²) in [6.07, 6.45) is 0. The van der Waals surface area contributed by atoms with Crippen LogP contribution in [0.2, 0.25) is 0 Å². The first-order valence-corrected chi connectivity index (χ1v) is 19.3. The molecule has 0 bridgehead atoms. The van der Waals surface area contributed by atoms with Gasteiger partial charge in [-0.15, -0.1) is 0 Å². The first-order chi connectivity index (χ1) is 27.7. The molecule has 0 aliphatic rings. The van der Waals surface area contributed by atoms with Crippen LogP contribution in [-0.2, 0) is 7.05 Å². The van der Waals surface area contributed by atoms with Crippen LogP contribution in [0.15, 0.2) is 194 Å². The van der Waals surface area contributed by atoms with Crippen molar-refractivity contribution in [3.05, 3.63) is 194 Å². The molecule has 0 atom stereocenters. The van der Waals surface area contributed by atoms with E-state index in [1.807, 2.05) is 0 Å². The van der Waals surface area contributed by atoms with Crippen molar-refractivity contribution in [2.75, 3.05) is 0 Å². The molecule has 12 aromatic rings. The van der Waals surface area contributed by atoms with Gasteiger partial charge in [-0.1, -0.05) is 109 Å². The molecule has 0 spiro atoms. The molecule has 0 amide bonds. The fraction of sp³-hybridized carbons (Fsp3) is 0.0189. The number of hydrogen-bond donors (Lipinski definition) is 0. The molecule has 3 nitrogen and oxygen atoms in total. The minimum absolute atomic E-state index is 1.16. The van der Waals surface area contributed by atoms with Crippen LogP contribution < -0.4 is 0 Å². The van der Waals surface area contributed by atoms with Gasteiger partial charge in [-0.3, -0.25) is 0 Å². The van der Waals surface area contributed by atoms with Gasteiger partial charge in [0.05, 0.1) is 22.1 Å². The number of nitrogens with zero attached hydrogens (tertiary/aromatic N) is 3. The van der Waals surface area contributed by atoms with E-state index in [0.717, 1.165) is 5.69 Å². The Kier molecular flexibility index (Phi) is 6.55. The van der Waals surface area contributed by atoms with E-state index in [1.54, 1.807) is 0 Å². The van der Waals surface area contributed by atoms with E-state index in [9.17, 15) is 0 Å². The molecule has 3 heterocycles. The number of benzene rings is 9. The SMILES string of the molecule is Cn1c2ccc(-c3ccc4c(c3)c3ccc(-c5ccc6c(c5)c5ccccc5n6-c5ccccc5)cc3n4-c3ccccc3)cc2c2cc3ccccc3cc21. The summed E-state index contributed by atoms with van der Waals surface area (Å²) in [7, 11) is 2.18. The smallest absolute Gasteiger partial charge is 0.0547 e. The Morgan fingerprint density at radius 3 is 1.34 bits per heavy atom. The highest BCUT2D eigenvalue weighted by molar-refractivity contribution is 6.15. The van der Waals surface area contributed by atoms with Crippen LogP contribution in [0.4, 0.5) is 0 Å². The Morgan fingerprint density at radius 2 is 0.696 bits per heavy atom. The molecule has 0 saturated heterocycles. The summed E-state index contributed by atoms with van der Waals surface area (Å²) in [5.74, 6) is 0. The Hall–Kier alpha value is -7.36. The van der Waals surface area contributed by atoms with E-state index in [-0.39, 0.29) is 0 Å². The largest absolute Gasteiger partial charge is 0.344 e. The lowest BCUT2D eigenvalue weighted by atomic mass is 9.99. The van der Waals surface area contributed by atoms with Gasteiger partial charge in [0, 0.05) is 61.8 Å². The molecule has 12 rings (SSSR count). The van der Waals surface area contributed by atoms with E-state index in [0.29, 0.717) is 0 Å². The quantitative estimate of drug-likeness (QED) is 0.172. The maximum absolute atomic E-state index is 2.43. The number of aromatic nitrogens is 3. The summed E-state index contributed by atoms with van der Waals surface area (Å²) in [6, 6.07) is 71.4. The summed E-state index contributed by atoms with van der Waals surface area (Å²) in [5.41, 5.74) is 14.5. The molecule has 0 aliphatic heterocycles. The zero-order chi connectivity index (χ0) is 36.9. The van der Waals surface area contributed by atoms with Crippen molar-refractivity contribution in [2.24, 2.45) is 7.05 Å². The van der Waals surface area contributed by atoms with Gasteiger partial charge in [0.25, 0.3) is 0 Å². The summed E-state index contributed by atoms with van der Waals surface area (Å²) < 4.78 is 7.13. The maximum atomic E-state index is 2.43. The summed E-state index contributed by atoms with van der Waals surface area (Å²) >= 11 is 0. The van der Waals surface area contributed by atoms with Crippen LogP contribution in [0.5, 0.6) is 0 Å². The van der Waals surface area contributed by atoms with Crippen LogP contribution in [-0.4, -0.2) is 13.7 Å². The van der Waals surface area contributed by atoms with Gasteiger partial charge < -0.3 is 13.7 Å². The second kappa shape index (κ2) is 11.8. The van der Waals surface area contributed by atoms with Crippen LogP contribution in [0.3, 0.4) is 0 Å². The average molecular weight is 714 g/mol. The minimum Gasteiger partial charge on any atom is -0.344 e. The number of aryl methyl sites for hydroxylation is 1. The van der Waals surface area contributed by atoms with E-state index in [4.69, 9.17) is 0 Å². The van der Waals surface area contributed by atoms with Crippen LogP contribution >= 0.6 is 0 Å². The Morgan fingerprint density at radius 1 is 0.268 bits per heavy atom. The maximum Gasteiger partial charge on any atom is 0.0547 e. The molecule has 0 fully saturated rings. The number of hydrogen-bond acceptors (Lipinski definition) is 0. The van der Waals surface area contributed by atoms with Gasteiger partial charge in [-0.25, -0.2) is 0 Å². The van der Waals surface area contributed by atoms with Gasteiger partial charge in [-0.05, 0) is 118 Å². The first kappa shape index (κ1) is 31.0. The molecule has 0 N–H and O–H groups in total. The van der Waals surface area contributed by atoms with Gasteiger partial charge in [0.1, 0.15) is 0 Å². The van der Waals surface area contributed by atoms with E-state index >= 15 is 0 Å². The summed E-state index contributed by atoms with van der Waals surface area (Å²) in [5, 5.41) is 10.1. The lowest BCUT2D eigenvalue weighted by Gasteiger charge is -2.10. The standard InChI is InChI=1S/C53H35N3/c1-54-48-25-21-36(31-46(48)47-28-34-12-8-9-13-35(34)32-52(47)54)37-22-27-51-45(29-37)43-24-20-39(33-53(43)56(51)41-16-6-3-7-17-41)38-23-26-50-44(30-38)42-18-10-11-19-49(42)55(50)40-14-4-2-5-15-40/h2-33H,1H3. The molecule has 262 valence electrons. The predicted molar refractivity (Wildman–Crippen MR) is 237 cm³/mol. The van der Waals surface area contributed by atoms with Gasteiger partial charge in [-0.2, -0.15) is 0 Å². The van der Waals surface area contributed by atoms with Gasteiger partial charge >= 0.3 is 0 Å². The van der Waals surface area contributed by atoms with Crippen molar-refractivity contribution in [3.63, 3.8) is 0 Å². The van der Waals surface area contributed by atoms with Gasteiger partial charge in [0.2, 0.25) is 0 Å². The second-order valence-electron chi connectivity index (χ2n) is 15.1. The summed E-state index contributed by atoms with van der Waals surface area (Å²) in [4.78, 5) is 0. The third-order valence-electron chi connectivity index (χ3n) is 12.0. The highest BCUT2D eigenvalue weighted by Gasteiger charge is 2.18. The zero-order valence-corrected chi connectivity index (χ0v) is 30.8. The van der Waals surface area contributed by atoms with Crippen molar-refractivity contribution in [2.45, 2.75) is 0 Å². The zero-order valence-electron chi connectivity index (χ0n) is 30.8. The molecule has 0 radical (unpaired) electrons. The third-order valence-corrected chi connectivity index (χ3v) is 12.0. The Labute approximate surface area is 323 Å². The van der Waals surface area contributed by atoms with Crippen molar-refractivity contribution in [3.8, 4) is 33.6 Å². The summed E-state index contributed by atoms with van der Waals surface area (Å²) in [6.45, 7) is 0. The Bertz CT molecular complexity index is 3530. The normalized spacial score (nSPS) is 12.0. The highest BCUT2D eigenvalue weighted by Crippen LogP contribution is 2.40. The highest BCUT2D eigenvalue weighted by atomic mass is 15.0. The third kappa shape index (κ3) is 4.52. The fourth-order valence-corrected chi connectivity index (χ4v) is 9.32. The fourth-order valence-electron chi connectivity index (χ4n) is 9.32. The molecule has 3 aromatic heterocycles. The Balaban J connectivity index is 1.04. The molecule has 0 unspecified atom stereocenters. The molecule has 56 heavy (non-hydrogen) atoms. The van der Waals surface area contributed by atoms with E-state index < -0.39 is 0 Å². The minimum atomic E-state index is 1.16. The molecule has 0 aliphatic carbocycles. The molecular weight excluding hydrogens is 679 g/mol.